The van der Waals surface area contributed by atoms with Crippen molar-refractivity contribution in [1.29, 1.82) is 0 Å². The van der Waals surface area contributed by atoms with Gasteiger partial charge in [-0.2, -0.15) is 13.2 Å². The number of halogens is 3. The van der Waals surface area contributed by atoms with E-state index in [1.807, 2.05) is 0 Å². The van der Waals surface area contributed by atoms with Gasteiger partial charge in [-0.05, 0) is 18.4 Å². The first-order valence-electron chi connectivity index (χ1n) is 8.48. The quantitative estimate of drug-likeness (QED) is 0.761. The first kappa shape index (κ1) is 21.9. The number of furan rings is 1. The average molecular weight is 417 g/mol. The van der Waals surface area contributed by atoms with Crippen LogP contribution in [0.5, 0.6) is 0 Å². The molecule has 6 nitrogen and oxygen atoms in total. The molecule has 2 amide bonds. The van der Waals surface area contributed by atoms with Gasteiger partial charge in [0, 0.05) is 11.9 Å². The lowest BCUT2D eigenvalue weighted by Crippen LogP contribution is -2.44. The Hall–Kier alpha value is -2.36. The fourth-order valence-corrected chi connectivity index (χ4v) is 3.22. The Bertz CT molecular complexity index is 821. The first-order chi connectivity index (χ1) is 12.8. The van der Waals surface area contributed by atoms with Crippen molar-refractivity contribution < 1.29 is 27.2 Å². The predicted octanol–water partition coefficient (Wildman–Crippen LogP) is 4.28. The molecule has 0 saturated carbocycles. The minimum absolute atomic E-state index is 0.0289. The van der Waals surface area contributed by atoms with Gasteiger partial charge in [0.15, 0.2) is 5.13 Å². The Kier molecular flexibility index (Phi) is 6.53. The van der Waals surface area contributed by atoms with Crippen LogP contribution in [0.15, 0.2) is 22.1 Å². The molecule has 154 valence electrons. The van der Waals surface area contributed by atoms with Gasteiger partial charge in [-0.15, -0.1) is 11.3 Å². The van der Waals surface area contributed by atoms with Crippen LogP contribution < -0.4 is 5.32 Å². The van der Waals surface area contributed by atoms with E-state index in [9.17, 15) is 22.8 Å². The van der Waals surface area contributed by atoms with Crippen LogP contribution in [0.1, 0.15) is 42.6 Å². The SMILES string of the molecule is Cc1occc1C(=O)Nc1nc(CC(=O)N(CC(C)(C)C)CC(F)(F)F)cs1. The van der Waals surface area contributed by atoms with Gasteiger partial charge in [-0.25, -0.2) is 4.98 Å². The number of alkyl halides is 3. The molecule has 0 saturated heterocycles. The number of nitrogens with zero attached hydrogens (tertiary/aromatic N) is 2. The van der Waals surface area contributed by atoms with Gasteiger partial charge in [-0.1, -0.05) is 20.8 Å². The average Bonchev–Trinajstić information content (AvgIpc) is 3.12. The normalized spacial score (nSPS) is 12.1. The monoisotopic (exact) mass is 417 g/mol. The molecular weight excluding hydrogens is 395 g/mol. The second-order valence-corrected chi connectivity index (χ2v) is 8.45. The number of thiazole rings is 1. The molecule has 1 N–H and O–H groups in total. The van der Waals surface area contributed by atoms with E-state index in [1.165, 1.54) is 12.3 Å². The number of amides is 2. The van der Waals surface area contributed by atoms with Crippen LogP contribution in [0.3, 0.4) is 0 Å². The second kappa shape index (κ2) is 8.34. The molecule has 10 heteroatoms. The molecule has 0 aromatic carbocycles. The summed E-state index contributed by atoms with van der Waals surface area (Å²) in [5, 5.41) is 4.38. The minimum Gasteiger partial charge on any atom is -0.469 e. The molecule has 0 aliphatic heterocycles. The zero-order valence-electron chi connectivity index (χ0n) is 16.0. The summed E-state index contributed by atoms with van der Waals surface area (Å²) in [6, 6.07) is 1.52. The van der Waals surface area contributed by atoms with Gasteiger partial charge in [-0.3, -0.25) is 14.9 Å². The molecule has 2 rings (SSSR count). The van der Waals surface area contributed by atoms with E-state index < -0.39 is 30.0 Å². The van der Waals surface area contributed by atoms with Crippen LogP contribution in [0.25, 0.3) is 0 Å². The summed E-state index contributed by atoms with van der Waals surface area (Å²) in [7, 11) is 0. The summed E-state index contributed by atoms with van der Waals surface area (Å²) in [6.07, 6.45) is -3.37. The van der Waals surface area contributed by atoms with Gasteiger partial charge >= 0.3 is 6.18 Å². The molecule has 28 heavy (non-hydrogen) atoms. The zero-order valence-corrected chi connectivity index (χ0v) is 16.8. The highest BCUT2D eigenvalue weighted by Gasteiger charge is 2.34. The van der Waals surface area contributed by atoms with E-state index >= 15 is 0 Å². The standard InChI is InChI=1S/C18H22F3N3O3S/c1-11-13(5-6-27-11)15(26)23-16-22-12(8-28-16)7-14(25)24(9-17(2,3)4)10-18(19,20)21/h5-6,8H,7,9-10H2,1-4H3,(H,22,23,26). The van der Waals surface area contributed by atoms with Gasteiger partial charge in [0.25, 0.3) is 5.91 Å². The van der Waals surface area contributed by atoms with E-state index in [0.29, 0.717) is 17.0 Å². The third-order valence-corrected chi connectivity index (χ3v) is 4.40. The topological polar surface area (TPSA) is 75.4 Å². The van der Waals surface area contributed by atoms with Crippen molar-refractivity contribution in [2.45, 2.75) is 40.3 Å². The fraction of sp³-hybridized carbons (Fsp3) is 0.500. The van der Waals surface area contributed by atoms with E-state index in [1.54, 1.807) is 33.1 Å². The van der Waals surface area contributed by atoms with Crippen molar-refractivity contribution in [3.8, 4) is 0 Å². The minimum atomic E-state index is -4.48. The molecule has 0 unspecified atom stereocenters. The van der Waals surface area contributed by atoms with E-state index in [2.05, 4.69) is 10.3 Å². The van der Waals surface area contributed by atoms with E-state index in [4.69, 9.17) is 4.42 Å². The molecular formula is C18H22F3N3O3S. The Morgan fingerprint density at radius 2 is 1.93 bits per heavy atom. The molecule has 0 radical (unpaired) electrons. The first-order valence-corrected chi connectivity index (χ1v) is 9.36. The predicted molar refractivity (Wildman–Crippen MR) is 99.3 cm³/mol. The van der Waals surface area contributed by atoms with Gasteiger partial charge < -0.3 is 9.32 Å². The van der Waals surface area contributed by atoms with Crippen LogP contribution in [0.4, 0.5) is 18.3 Å². The highest BCUT2D eigenvalue weighted by molar-refractivity contribution is 7.14. The molecule has 0 aliphatic carbocycles. The van der Waals surface area contributed by atoms with Crippen molar-refractivity contribution in [2.24, 2.45) is 5.41 Å². The number of hydrogen-bond acceptors (Lipinski definition) is 5. The molecule has 0 bridgehead atoms. The third-order valence-electron chi connectivity index (χ3n) is 3.60. The fourth-order valence-electron chi connectivity index (χ4n) is 2.52. The number of aromatic nitrogens is 1. The molecule has 2 aromatic rings. The van der Waals surface area contributed by atoms with Crippen LogP contribution >= 0.6 is 11.3 Å². The largest absolute Gasteiger partial charge is 0.469 e. The van der Waals surface area contributed by atoms with Gasteiger partial charge in [0.1, 0.15) is 12.3 Å². The Morgan fingerprint density at radius 3 is 2.46 bits per heavy atom. The summed E-state index contributed by atoms with van der Waals surface area (Å²) < 4.78 is 43.6. The molecule has 0 spiro atoms. The lowest BCUT2D eigenvalue weighted by Gasteiger charge is -2.30. The number of rotatable bonds is 6. The highest BCUT2D eigenvalue weighted by atomic mass is 32.1. The van der Waals surface area contributed by atoms with E-state index in [0.717, 1.165) is 16.2 Å². The molecule has 0 fully saturated rings. The smallest absolute Gasteiger partial charge is 0.406 e. The summed E-state index contributed by atoms with van der Waals surface area (Å²) in [6.45, 7) is 5.59. The summed E-state index contributed by atoms with van der Waals surface area (Å²) >= 11 is 1.09. The third kappa shape index (κ3) is 6.66. The number of carbonyl (C=O) groups is 2. The molecule has 0 aliphatic rings. The summed E-state index contributed by atoms with van der Waals surface area (Å²) in [5.41, 5.74) is 0.176. The van der Waals surface area contributed by atoms with Crippen molar-refractivity contribution in [3.05, 3.63) is 34.7 Å². The van der Waals surface area contributed by atoms with Crippen molar-refractivity contribution in [2.75, 3.05) is 18.4 Å². The zero-order chi connectivity index (χ0) is 21.1. The summed E-state index contributed by atoms with van der Waals surface area (Å²) in [5.74, 6) is -0.625. The lowest BCUT2D eigenvalue weighted by atomic mass is 9.96. The van der Waals surface area contributed by atoms with Crippen LogP contribution in [-0.4, -0.2) is 41.0 Å². The maximum atomic E-state index is 12.8. The van der Waals surface area contributed by atoms with Crippen LogP contribution in [-0.2, 0) is 11.2 Å². The van der Waals surface area contributed by atoms with Gasteiger partial charge in [0.05, 0.1) is 23.9 Å². The summed E-state index contributed by atoms with van der Waals surface area (Å²) in [4.78, 5) is 29.5. The van der Waals surface area contributed by atoms with Crippen molar-refractivity contribution in [3.63, 3.8) is 0 Å². The second-order valence-electron chi connectivity index (χ2n) is 7.59. The Morgan fingerprint density at radius 1 is 1.25 bits per heavy atom. The molecule has 2 aromatic heterocycles. The number of aryl methyl sites for hydroxylation is 1. The van der Waals surface area contributed by atoms with Crippen LogP contribution in [0.2, 0.25) is 0 Å². The number of anilines is 1. The highest BCUT2D eigenvalue weighted by Crippen LogP contribution is 2.23. The Labute approximate surface area is 164 Å². The maximum Gasteiger partial charge on any atom is 0.406 e. The lowest BCUT2D eigenvalue weighted by molar-refractivity contribution is -0.163. The molecule has 0 atom stereocenters. The molecule has 2 heterocycles. The number of hydrogen-bond donors (Lipinski definition) is 1. The van der Waals surface area contributed by atoms with E-state index in [-0.39, 0.29) is 18.1 Å². The Balaban J connectivity index is 2.04. The maximum absolute atomic E-state index is 12.8. The van der Waals surface area contributed by atoms with Crippen molar-refractivity contribution in [1.82, 2.24) is 9.88 Å². The van der Waals surface area contributed by atoms with Gasteiger partial charge in [0.2, 0.25) is 5.91 Å². The number of carbonyl (C=O) groups excluding carboxylic acids is 2. The van der Waals surface area contributed by atoms with Crippen molar-refractivity contribution >= 4 is 28.3 Å². The van der Waals surface area contributed by atoms with Crippen LogP contribution in [0, 0.1) is 12.3 Å². The number of nitrogens with one attached hydrogen (secondary N) is 1.